The van der Waals surface area contributed by atoms with E-state index in [9.17, 15) is 4.79 Å². The Morgan fingerprint density at radius 2 is 1.85 bits per heavy atom. The Morgan fingerprint density at radius 1 is 1.00 bits per heavy atom. The molecule has 0 aliphatic heterocycles. The minimum atomic E-state index is -0.341. The summed E-state index contributed by atoms with van der Waals surface area (Å²) < 4.78 is 7.62. The molecule has 0 aliphatic carbocycles. The van der Waals surface area contributed by atoms with Crippen LogP contribution in [0.1, 0.15) is 10.4 Å². The molecule has 2 aromatic heterocycles. The zero-order valence-electron chi connectivity index (χ0n) is 14.6. The molecule has 27 heavy (non-hydrogen) atoms. The number of nitrogens with zero attached hydrogens (tertiary/aromatic N) is 2. The first-order valence-corrected chi connectivity index (χ1v) is 8.86. The van der Waals surface area contributed by atoms with Crippen molar-refractivity contribution in [2.75, 3.05) is 6.61 Å². The van der Waals surface area contributed by atoms with Crippen LogP contribution in [0, 0.1) is 0 Å². The average molecular weight is 355 g/mol. The number of carbonyl (C=O) groups is 1. The molecule has 0 fully saturated rings. The number of fused-ring (bicyclic) bond motifs is 3. The zero-order chi connectivity index (χ0) is 18.2. The average Bonchev–Trinajstić information content (AvgIpc) is 3.33. The molecule has 1 N–H and O–H groups in total. The van der Waals surface area contributed by atoms with E-state index in [1.807, 2.05) is 30.5 Å². The van der Waals surface area contributed by atoms with Crippen molar-refractivity contribution in [3.05, 3.63) is 78.8 Å². The van der Waals surface area contributed by atoms with E-state index in [0.29, 0.717) is 24.2 Å². The Hall–Kier alpha value is -3.60. The van der Waals surface area contributed by atoms with Gasteiger partial charge in [-0.25, -0.2) is 9.78 Å². The first-order chi connectivity index (χ1) is 13.3. The Balaban J connectivity index is 1.35. The van der Waals surface area contributed by atoms with E-state index in [2.05, 4.69) is 44.9 Å². The van der Waals surface area contributed by atoms with Gasteiger partial charge in [0.2, 0.25) is 0 Å². The van der Waals surface area contributed by atoms with Crippen LogP contribution in [-0.4, -0.2) is 27.1 Å². The Labute approximate surface area is 155 Å². The molecule has 5 nitrogen and oxygen atoms in total. The minimum Gasteiger partial charge on any atom is -0.460 e. The number of H-pyrrole nitrogens is 1. The molecule has 5 aromatic rings. The number of nitrogens with one attached hydrogen (secondary N) is 1. The largest absolute Gasteiger partial charge is 0.460 e. The second-order valence-corrected chi connectivity index (χ2v) is 6.51. The van der Waals surface area contributed by atoms with Gasteiger partial charge in [0.1, 0.15) is 6.61 Å². The van der Waals surface area contributed by atoms with E-state index < -0.39 is 0 Å². The molecule has 0 saturated carbocycles. The first kappa shape index (κ1) is 15.6. The lowest BCUT2D eigenvalue weighted by Crippen LogP contribution is -2.11. The van der Waals surface area contributed by atoms with E-state index in [0.717, 1.165) is 11.0 Å². The Bertz CT molecular complexity index is 1280. The third-order valence-electron chi connectivity index (χ3n) is 4.88. The third kappa shape index (κ3) is 2.73. The Morgan fingerprint density at radius 3 is 2.74 bits per heavy atom. The summed E-state index contributed by atoms with van der Waals surface area (Å²) in [6.07, 6.45) is 3.62. The van der Waals surface area contributed by atoms with E-state index in [1.165, 1.54) is 16.2 Å². The van der Waals surface area contributed by atoms with Gasteiger partial charge in [0, 0.05) is 17.1 Å². The number of para-hydroxylation sites is 1. The highest BCUT2D eigenvalue weighted by Gasteiger charge is 2.13. The maximum atomic E-state index is 12.4. The van der Waals surface area contributed by atoms with Crippen LogP contribution in [0.4, 0.5) is 0 Å². The molecule has 0 spiro atoms. The SMILES string of the molecule is O=C(OCCn1ccc2cc3ccccc3cc21)c1cccc2nc[nH]c12. The molecular weight excluding hydrogens is 338 g/mol. The number of rotatable bonds is 4. The summed E-state index contributed by atoms with van der Waals surface area (Å²) in [7, 11) is 0. The van der Waals surface area contributed by atoms with Crippen molar-refractivity contribution in [2.24, 2.45) is 0 Å². The quantitative estimate of drug-likeness (QED) is 0.482. The normalized spacial score (nSPS) is 11.4. The van der Waals surface area contributed by atoms with Gasteiger partial charge in [-0.15, -0.1) is 0 Å². The van der Waals surface area contributed by atoms with Crippen molar-refractivity contribution in [1.29, 1.82) is 0 Å². The summed E-state index contributed by atoms with van der Waals surface area (Å²) >= 11 is 0. The Kier molecular flexibility index (Phi) is 3.64. The summed E-state index contributed by atoms with van der Waals surface area (Å²) in [5, 5.41) is 3.61. The molecule has 0 bridgehead atoms. The van der Waals surface area contributed by atoms with Gasteiger partial charge in [-0.2, -0.15) is 0 Å². The van der Waals surface area contributed by atoms with Crippen molar-refractivity contribution in [3.63, 3.8) is 0 Å². The van der Waals surface area contributed by atoms with Gasteiger partial charge in [-0.1, -0.05) is 30.3 Å². The number of aromatic nitrogens is 3. The van der Waals surface area contributed by atoms with E-state index in [4.69, 9.17) is 4.74 Å². The number of esters is 1. The number of aromatic amines is 1. The van der Waals surface area contributed by atoms with Crippen molar-refractivity contribution >= 4 is 38.7 Å². The maximum absolute atomic E-state index is 12.4. The number of benzene rings is 3. The van der Waals surface area contributed by atoms with Crippen LogP contribution in [-0.2, 0) is 11.3 Å². The van der Waals surface area contributed by atoms with Crippen molar-refractivity contribution in [1.82, 2.24) is 14.5 Å². The van der Waals surface area contributed by atoms with Crippen molar-refractivity contribution in [2.45, 2.75) is 6.54 Å². The van der Waals surface area contributed by atoms with Crippen LogP contribution in [0.2, 0.25) is 0 Å². The topological polar surface area (TPSA) is 59.9 Å². The molecular formula is C22H17N3O2. The molecule has 5 heteroatoms. The van der Waals surface area contributed by atoms with Crippen LogP contribution in [0.15, 0.2) is 73.2 Å². The number of carbonyl (C=O) groups excluding carboxylic acids is 1. The molecule has 0 amide bonds. The smallest absolute Gasteiger partial charge is 0.340 e. The fourth-order valence-corrected chi connectivity index (χ4v) is 3.52. The van der Waals surface area contributed by atoms with Gasteiger partial charge in [-0.3, -0.25) is 0 Å². The van der Waals surface area contributed by atoms with Gasteiger partial charge in [-0.05, 0) is 41.1 Å². The predicted octanol–water partition coefficient (Wildman–Crippen LogP) is 4.53. The lowest BCUT2D eigenvalue weighted by atomic mass is 10.1. The van der Waals surface area contributed by atoms with Crippen LogP contribution < -0.4 is 0 Å². The standard InChI is InChI=1S/C22H17N3O2/c26-22(18-6-3-7-19-21(18)24-14-23-19)27-11-10-25-9-8-17-12-15-4-1-2-5-16(15)13-20(17)25/h1-9,12-14H,10-11H2,(H,23,24). The molecule has 2 heterocycles. The number of hydrogen-bond donors (Lipinski definition) is 1. The third-order valence-corrected chi connectivity index (χ3v) is 4.88. The summed E-state index contributed by atoms with van der Waals surface area (Å²) in [6.45, 7) is 0.909. The van der Waals surface area contributed by atoms with E-state index >= 15 is 0 Å². The van der Waals surface area contributed by atoms with Crippen LogP contribution in [0.25, 0.3) is 32.7 Å². The molecule has 0 aliphatic rings. The maximum Gasteiger partial charge on any atom is 0.340 e. The fourth-order valence-electron chi connectivity index (χ4n) is 3.52. The second-order valence-electron chi connectivity index (χ2n) is 6.51. The minimum absolute atomic E-state index is 0.306. The fraction of sp³-hybridized carbons (Fsp3) is 0.0909. The molecule has 0 atom stereocenters. The highest BCUT2D eigenvalue weighted by molar-refractivity contribution is 6.01. The predicted molar refractivity (Wildman–Crippen MR) is 106 cm³/mol. The van der Waals surface area contributed by atoms with Crippen molar-refractivity contribution < 1.29 is 9.53 Å². The highest BCUT2D eigenvalue weighted by Crippen LogP contribution is 2.24. The second kappa shape index (κ2) is 6.29. The van der Waals surface area contributed by atoms with E-state index in [1.54, 1.807) is 12.4 Å². The molecule has 0 saturated heterocycles. The molecule has 3 aromatic carbocycles. The summed E-state index contributed by atoms with van der Waals surface area (Å²) in [5.74, 6) is -0.341. The first-order valence-electron chi connectivity index (χ1n) is 8.86. The molecule has 0 radical (unpaired) electrons. The van der Waals surface area contributed by atoms with Gasteiger partial charge >= 0.3 is 5.97 Å². The summed E-state index contributed by atoms with van der Waals surface area (Å²) in [5.41, 5.74) is 3.11. The van der Waals surface area contributed by atoms with Gasteiger partial charge in [0.25, 0.3) is 0 Å². The van der Waals surface area contributed by atoms with Gasteiger partial charge in [0.05, 0.1) is 29.5 Å². The van der Waals surface area contributed by atoms with Gasteiger partial charge < -0.3 is 14.3 Å². The molecule has 5 rings (SSSR count). The van der Waals surface area contributed by atoms with Crippen LogP contribution >= 0.6 is 0 Å². The molecule has 0 unspecified atom stereocenters. The molecule has 132 valence electrons. The summed E-state index contributed by atoms with van der Waals surface area (Å²) in [6, 6.07) is 20.2. The van der Waals surface area contributed by atoms with Crippen molar-refractivity contribution in [3.8, 4) is 0 Å². The number of hydrogen-bond acceptors (Lipinski definition) is 3. The van der Waals surface area contributed by atoms with Gasteiger partial charge in [0.15, 0.2) is 0 Å². The lowest BCUT2D eigenvalue weighted by molar-refractivity contribution is 0.0494. The lowest BCUT2D eigenvalue weighted by Gasteiger charge is -2.08. The highest BCUT2D eigenvalue weighted by atomic mass is 16.5. The zero-order valence-corrected chi connectivity index (χ0v) is 14.6. The monoisotopic (exact) mass is 355 g/mol. The number of imidazole rings is 1. The number of ether oxygens (including phenoxy) is 1. The van der Waals surface area contributed by atoms with Crippen LogP contribution in [0.5, 0.6) is 0 Å². The van der Waals surface area contributed by atoms with Crippen LogP contribution in [0.3, 0.4) is 0 Å². The van der Waals surface area contributed by atoms with E-state index in [-0.39, 0.29) is 5.97 Å². The summed E-state index contributed by atoms with van der Waals surface area (Å²) in [4.78, 5) is 19.6.